The van der Waals surface area contributed by atoms with Gasteiger partial charge < -0.3 is 19.7 Å². The Morgan fingerprint density at radius 1 is 1.22 bits per heavy atom. The average Bonchev–Trinajstić information content (AvgIpc) is 3.31. The first-order valence-electron chi connectivity index (χ1n) is 9.99. The highest BCUT2D eigenvalue weighted by Gasteiger charge is 2.40. The monoisotopic (exact) mass is 372 g/mol. The van der Waals surface area contributed by atoms with Crippen LogP contribution in [0.4, 0.5) is 5.69 Å². The van der Waals surface area contributed by atoms with Crippen LogP contribution in [0.3, 0.4) is 0 Å². The van der Waals surface area contributed by atoms with Crippen LogP contribution in [0.15, 0.2) is 18.2 Å². The molecule has 2 amide bonds. The first-order valence-corrected chi connectivity index (χ1v) is 9.99. The third-order valence-corrected chi connectivity index (χ3v) is 6.35. The van der Waals surface area contributed by atoms with Gasteiger partial charge in [-0.1, -0.05) is 6.42 Å². The number of carbonyl (C=O) groups is 2. The quantitative estimate of drug-likeness (QED) is 0.863. The van der Waals surface area contributed by atoms with Gasteiger partial charge in [0.05, 0.1) is 26.0 Å². The maximum Gasteiger partial charge on any atom is 0.254 e. The molecule has 0 aromatic heterocycles. The lowest BCUT2D eigenvalue weighted by Gasteiger charge is -2.27. The van der Waals surface area contributed by atoms with E-state index in [1.54, 1.807) is 30.2 Å². The topological polar surface area (TPSA) is 67.9 Å². The van der Waals surface area contributed by atoms with Crippen LogP contribution in [0.5, 0.6) is 5.75 Å². The second-order valence-corrected chi connectivity index (χ2v) is 8.01. The number of amides is 2. The normalized spacial score (nSPS) is 26.9. The molecule has 4 rings (SSSR count). The number of nitrogens with one attached hydrogen (secondary N) is 1. The molecular weight excluding hydrogens is 344 g/mol. The van der Waals surface area contributed by atoms with Gasteiger partial charge in [0.15, 0.2) is 0 Å². The molecule has 6 heteroatoms. The summed E-state index contributed by atoms with van der Waals surface area (Å²) in [4.78, 5) is 27.1. The van der Waals surface area contributed by atoms with E-state index in [-0.39, 0.29) is 11.8 Å². The number of hydrogen-bond donors (Lipinski definition) is 1. The second kappa shape index (κ2) is 7.89. The maximum atomic E-state index is 12.7. The summed E-state index contributed by atoms with van der Waals surface area (Å²) in [6, 6.07) is 5.23. The molecule has 1 aromatic carbocycles. The minimum atomic E-state index is -0.0374. The van der Waals surface area contributed by atoms with Crippen LogP contribution in [-0.2, 0) is 9.53 Å². The molecule has 6 nitrogen and oxygen atoms in total. The smallest absolute Gasteiger partial charge is 0.254 e. The summed E-state index contributed by atoms with van der Waals surface area (Å²) in [5.41, 5.74) is 1.14. The van der Waals surface area contributed by atoms with Crippen LogP contribution in [0.25, 0.3) is 0 Å². The Morgan fingerprint density at radius 3 is 2.70 bits per heavy atom. The van der Waals surface area contributed by atoms with Crippen molar-refractivity contribution in [3.05, 3.63) is 23.8 Å². The molecule has 3 atom stereocenters. The number of morpholine rings is 1. The van der Waals surface area contributed by atoms with Gasteiger partial charge >= 0.3 is 0 Å². The van der Waals surface area contributed by atoms with Crippen molar-refractivity contribution in [3.63, 3.8) is 0 Å². The van der Waals surface area contributed by atoms with E-state index in [1.807, 2.05) is 0 Å². The highest BCUT2D eigenvalue weighted by molar-refractivity contribution is 5.98. The third-order valence-electron chi connectivity index (χ3n) is 6.35. The van der Waals surface area contributed by atoms with Gasteiger partial charge in [-0.05, 0) is 55.2 Å². The number of fused-ring (bicyclic) bond motifs is 2. The molecule has 0 unspecified atom stereocenters. The van der Waals surface area contributed by atoms with Gasteiger partial charge in [0, 0.05) is 25.1 Å². The lowest BCUT2D eigenvalue weighted by Crippen LogP contribution is -2.40. The second-order valence-electron chi connectivity index (χ2n) is 8.01. The molecular formula is C21H28N2O4. The average molecular weight is 372 g/mol. The number of nitrogens with zero attached hydrogens (tertiary/aromatic N) is 1. The minimum Gasteiger partial charge on any atom is -0.495 e. The standard InChI is InChI=1S/C21H28N2O4/c1-26-19-5-4-16(21(25)23-6-8-27-9-7-23)12-18(19)22-20(24)13-17-11-14-2-3-15(17)10-14/h4-5,12,14-15,17H,2-3,6-11,13H2,1H3,(H,22,24)/t14-,15-,17+/m0/s1. The Morgan fingerprint density at radius 2 is 2.04 bits per heavy atom. The number of rotatable bonds is 5. The molecule has 0 radical (unpaired) electrons. The van der Waals surface area contributed by atoms with Crippen molar-refractivity contribution in [1.29, 1.82) is 0 Å². The lowest BCUT2D eigenvalue weighted by molar-refractivity contribution is -0.117. The van der Waals surface area contributed by atoms with Crippen molar-refractivity contribution in [2.75, 3.05) is 38.7 Å². The van der Waals surface area contributed by atoms with E-state index in [9.17, 15) is 9.59 Å². The Kier molecular flexibility index (Phi) is 5.34. The van der Waals surface area contributed by atoms with Crippen LogP contribution in [0.2, 0.25) is 0 Å². The van der Waals surface area contributed by atoms with Gasteiger partial charge in [0.25, 0.3) is 5.91 Å². The maximum absolute atomic E-state index is 12.7. The van der Waals surface area contributed by atoms with E-state index in [4.69, 9.17) is 9.47 Å². The lowest BCUT2D eigenvalue weighted by atomic mass is 9.86. The number of carbonyl (C=O) groups excluding carboxylic acids is 2. The summed E-state index contributed by atoms with van der Waals surface area (Å²) in [7, 11) is 1.57. The van der Waals surface area contributed by atoms with E-state index >= 15 is 0 Å². The number of anilines is 1. The number of methoxy groups -OCH3 is 1. The molecule has 1 heterocycles. The first-order chi connectivity index (χ1) is 13.1. The third kappa shape index (κ3) is 3.95. The Balaban J connectivity index is 1.44. The molecule has 146 valence electrons. The summed E-state index contributed by atoms with van der Waals surface area (Å²) in [5.74, 6) is 2.61. The molecule has 1 saturated heterocycles. The highest BCUT2D eigenvalue weighted by Crippen LogP contribution is 2.49. The van der Waals surface area contributed by atoms with Crippen LogP contribution in [0.1, 0.15) is 42.5 Å². The summed E-state index contributed by atoms with van der Waals surface area (Å²) >= 11 is 0. The van der Waals surface area contributed by atoms with Gasteiger partial charge in [0.1, 0.15) is 5.75 Å². The van der Waals surface area contributed by atoms with E-state index in [0.717, 1.165) is 11.8 Å². The molecule has 27 heavy (non-hydrogen) atoms. The molecule has 2 aliphatic carbocycles. The predicted octanol–water partition coefficient (Wildman–Crippen LogP) is 2.93. The highest BCUT2D eigenvalue weighted by atomic mass is 16.5. The van der Waals surface area contributed by atoms with Gasteiger partial charge in [-0.2, -0.15) is 0 Å². The van der Waals surface area contributed by atoms with Gasteiger partial charge in [0.2, 0.25) is 5.91 Å². The zero-order valence-corrected chi connectivity index (χ0v) is 15.9. The molecule has 0 spiro atoms. The SMILES string of the molecule is COc1ccc(C(=O)N2CCOCC2)cc1NC(=O)C[C@H]1C[C@H]2CC[C@H]1C2. The van der Waals surface area contributed by atoms with Crippen molar-refractivity contribution in [2.24, 2.45) is 17.8 Å². The Bertz CT molecular complexity index is 714. The zero-order valence-electron chi connectivity index (χ0n) is 15.9. The summed E-state index contributed by atoms with van der Waals surface area (Å²) in [6.45, 7) is 2.32. The summed E-state index contributed by atoms with van der Waals surface area (Å²) < 4.78 is 10.7. The fourth-order valence-electron chi connectivity index (χ4n) is 4.95. The predicted molar refractivity (Wildman–Crippen MR) is 102 cm³/mol. The van der Waals surface area contributed by atoms with Crippen molar-refractivity contribution in [1.82, 2.24) is 4.90 Å². The van der Waals surface area contributed by atoms with E-state index in [1.165, 1.54) is 25.7 Å². The van der Waals surface area contributed by atoms with E-state index < -0.39 is 0 Å². The van der Waals surface area contributed by atoms with Gasteiger partial charge in [-0.25, -0.2) is 0 Å². The van der Waals surface area contributed by atoms with Crippen LogP contribution < -0.4 is 10.1 Å². The van der Waals surface area contributed by atoms with E-state index in [2.05, 4.69) is 5.32 Å². The number of benzene rings is 1. The molecule has 2 saturated carbocycles. The molecule has 1 aliphatic heterocycles. The molecule has 3 aliphatic rings. The van der Waals surface area contributed by atoms with Crippen molar-refractivity contribution >= 4 is 17.5 Å². The fraction of sp³-hybridized carbons (Fsp3) is 0.619. The number of ether oxygens (including phenoxy) is 2. The molecule has 1 aromatic rings. The minimum absolute atomic E-state index is 0.0156. The zero-order chi connectivity index (χ0) is 18.8. The van der Waals surface area contributed by atoms with Crippen molar-refractivity contribution in [2.45, 2.75) is 32.1 Å². The van der Waals surface area contributed by atoms with Crippen LogP contribution in [0, 0.1) is 17.8 Å². The van der Waals surface area contributed by atoms with Crippen molar-refractivity contribution < 1.29 is 19.1 Å². The van der Waals surface area contributed by atoms with Crippen LogP contribution >= 0.6 is 0 Å². The van der Waals surface area contributed by atoms with Crippen molar-refractivity contribution in [3.8, 4) is 5.75 Å². The summed E-state index contributed by atoms with van der Waals surface area (Å²) in [6.07, 6.45) is 5.65. The summed E-state index contributed by atoms with van der Waals surface area (Å²) in [5, 5.41) is 2.99. The number of hydrogen-bond acceptors (Lipinski definition) is 4. The van der Waals surface area contributed by atoms with Gasteiger partial charge in [-0.15, -0.1) is 0 Å². The molecule has 1 N–H and O–H groups in total. The van der Waals surface area contributed by atoms with E-state index in [0.29, 0.717) is 55.6 Å². The molecule has 3 fully saturated rings. The largest absolute Gasteiger partial charge is 0.495 e. The Labute approximate surface area is 160 Å². The first kappa shape index (κ1) is 18.3. The Hall–Kier alpha value is -2.08. The van der Waals surface area contributed by atoms with Crippen LogP contribution in [-0.4, -0.2) is 50.1 Å². The molecule has 2 bridgehead atoms. The van der Waals surface area contributed by atoms with Gasteiger partial charge in [-0.3, -0.25) is 9.59 Å². The fourth-order valence-corrected chi connectivity index (χ4v) is 4.95.